The van der Waals surface area contributed by atoms with Crippen LogP contribution in [0.3, 0.4) is 0 Å². The molecule has 0 saturated heterocycles. The van der Waals surface area contributed by atoms with Crippen LogP contribution in [0.15, 0.2) is 24.3 Å². The Bertz CT molecular complexity index is 394. The van der Waals surface area contributed by atoms with Gasteiger partial charge in [-0.2, -0.15) is 0 Å². The van der Waals surface area contributed by atoms with Crippen molar-refractivity contribution in [2.45, 2.75) is 26.2 Å². The highest BCUT2D eigenvalue weighted by atomic mass is 16.5. The lowest BCUT2D eigenvalue weighted by molar-refractivity contribution is -0.157. The van der Waals surface area contributed by atoms with Gasteiger partial charge in [-0.05, 0) is 37.5 Å². The van der Waals surface area contributed by atoms with E-state index in [0.717, 1.165) is 30.6 Å². The van der Waals surface area contributed by atoms with E-state index in [4.69, 9.17) is 9.84 Å². The molecular weight excluding hydrogens is 204 g/mol. The van der Waals surface area contributed by atoms with E-state index >= 15 is 0 Å². The second-order valence-electron chi connectivity index (χ2n) is 4.54. The minimum Gasteiger partial charge on any atom is -0.492 e. The fourth-order valence-electron chi connectivity index (χ4n) is 1.95. The summed E-state index contributed by atoms with van der Waals surface area (Å²) in [5.41, 5.74) is 0.486. The van der Waals surface area contributed by atoms with E-state index < -0.39 is 11.4 Å². The van der Waals surface area contributed by atoms with Gasteiger partial charge in [0.2, 0.25) is 0 Å². The van der Waals surface area contributed by atoms with Crippen molar-refractivity contribution >= 4 is 5.97 Å². The number of carbonyl (C=O) groups is 1. The summed E-state index contributed by atoms with van der Waals surface area (Å²) in [4.78, 5) is 11.1. The maximum absolute atomic E-state index is 11.1. The standard InChI is InChI=1S/C13H16O3/c1-10-4-2-5-11(8-10)16-9-13(12(14)15)6-3-7-13/h2,4-5,8H,3,6-7,9H2,1H3,(H,14,15). The second kappa shape index (κ2) is 4.16. The van der Waals surface area contributed by atoms with Crippen LogP contribution in [-0.4, -0.2) is 17.7 Å². The summed E-state index contributed by atoms with van der Waals surface area (Å²) in [5, 5.41) is 9.14. The number of carboxylic acids is 1. The van der Waals surface area contributed by atoms with Gasteiger partial charge >= 0.3 is 5.97 Å². The van der Waals surface area contributed by atoms with E-state index in [0.29, 0.717) is 0 Å². The highest BCUT2D eigenvalue weighted by molar-refractivity contribution is 5.75. The first-order valence-corrected chi connectivity index (χ1v) is 5.55. The average Bonchev–Trinajstić information content (AvgIpc) is 2.15. The molecule has 1 fully saturated rings. The molecule has 1 N–H and O–H groups in total. The quantitative estimate of drug-likeness (QED) is 0.848. The molecule has 0 bridgehead atoms. The molecule has 0 radical (unpaired) electrons. The summed E-state index contributed by atoms with van der Waals surface area (Å²) >= 11 is 0. The number of benzene rings is 1. The van der Waals surface area contributed by atoms with Crippen LogP contribution in [-0.2, 0) is 4.79 Å². The largest absolute Gasteiger partial charge is 0.492 e. The Labute approximate surface area is 95.0 Å². The zero-order valence-electron chi connectivity index (χ0n) is 9.40. The summed E-state index contributed by atoms with van der Waals surface area (Å²) in [6.45, 7) is 2.27. The molecular formula is C13H16O3. The third-order valence-electron chi connectivity index (χ3n) is 3.27. The van der Waals surface area contributed by atoms with Gasteiger partial charge in [-0.3, -0.25) is 4.79 Å². The van der Waals surface area contributed by atoms with Gasteiger partial charge in [0.15, 0.2) is 0 Å². The fourth-order valence-corrected chi connectivity index (χ4v) is 1.95. The van der Waals surface area contributed by atoms with Gasteiger partial charge in [0.1, 0.15) is 17.8 Å². The Morgan fingerprint density at radius 3 is 2.75 bits per heavy atom. The van der Waals surface area contributed by atoms with Crippen LogP contribution in [0.5, 0.6) is 5.75 Å². The first-order chi connectivity index (χ1) is 7.62. The van der Waals surface area contributed by atoms with E-state index in [9.17, 15) is 4.79 Å². The molecule has 0 spiro atoms. The molecule has 1 aromatic rings. The van der Waals surface area contributed by atoms with Crippen LogP contribution in [0, 0.1) is 12.3 Å². The summed E-state index contributed by atoms with van der Waals surface area (Å²) in [6, 6.07) is 7.69. The summed E-state index contributed by atoms with van der Waals surface area (Å²) < 4.78 is 5.57. The normalized spacial score (nSPS) is 17.6. The van der Waals surface area contributed by atoms with E-state index in [2.05, 4.69) is 0 Å². The Balaban J connectivity index is 1.99. The van der Waals surface area contributed by atoms with Crippen molar-refractivity contribution in [1.29, 1.82) is 0 Å². The lowest BCUT2D eigenvalue weighted by Gasteiger charge is -2.37. The zero-order chi connectivity index (χ0) is 11.6. The van der Waals surface area contributed by atoms with E-state index in [1.165, 1.54) is 0 Å². The number of ether oxygens (including phenoxy) is 1. The van der Waals surface area contributed by atoms with Gasteiger partial charge in [-0.1, -0.05) is 18.6 Å². The molecule has 0 aliphatic heterocycles. The van der Waals surface area contributed by atoms with Crippen LogP contribution >= 0.6 is 0 Å². The van der Waals surface area contributed by atoms with E-state index in [1.54, 1.807) is 0 Å². The molecule has 86 valence electrons. The summed E-state index contributed by atoms with van der Waals surface area (Å²) in [7, 11) is 0. The van der Waals surface area contributed by atoms with Gasteiger partial charge in [-0.25, -0.2) is 0 Å². The smallest absolute Gasteiger partial charge is 0.313 e. The van der Waals surface area contributed by atoms with Gasteiger partial charge in [0.25, 0.3) is 0 Å². The lowest BCUT2D eigenvalue weighted by atomic mass is 9.69. The van der Waals surface area contributed by atoms with E-state index in [-0.39, 0.29) is 6.61 Å². The first-order valence-electron chi connectivity index (χ1n) is 5.55. The van der Waals surface area contributed by atoms with Crippen LogP contribution < -0.4 is 4.74 Å². The van der Waals surface area contributed by atoms with Gasteiger partial charge < -0.3 is 9.84 Å². The van der Waals surface area contributed by atoms with Crippen molar-refractivity contribution in [3.63, 3.8) is 0 Å². The molecule has 3 heteroatoms. The molecule has 2 rings (SSSR count). The number of carboxylic acid groups (broad SMARTS) is 1. The van der Waals surface area contributed by atoms with Gasteiger partial charge in [0, 0.05) is 0 Å². The Morgan fingerprint density at radius 1 is 1.50 bits per heavy atom. The minimum atomic E-state index is -0.730. The van der Waals surface area contributed by atoms with Crippen molar-refractivity contribution in [3.8, 4) is 5.75 Å². The number of hydrogen-bond donors (Lipinski definition) is 1. The minimum absolute atomic E-state index is 0.284. The molecule has 0 aromatic heterocycles. The molecule has 16 heavy (non-hydrogen) atoms. The van der Waals surface area contributed by atoms with Crippen molar-refractivity contribution in [1.82, 2.24) is 0 Å². The highest BCUT2D eigenvalue weighted by Gasteiger charge is 2.45. The Kier molecular flexibility index (Phi) is 2.86. The molecule has 0 heterocycles. The molecule has 3 nitrogen and oxygen atoms in total. The van der Waals surface area contributed by atoms with Crippen molar-refractivity contribution in [3.05, 3.63) is 29.8 Å². The number of aryl methyl sites for hydroxylation is 1. The van der Waals surface area contributed by atoms with Gasteiger partial charge in [-0.15, -0.1) is 0 Å². The molecule has 1 saturated carbocycles. The topological polar surface area (TPSA) is 46.5 Å². The molecule has 0 unspecified atom stereocenters. The summed E-state index contributed by atoms with van der Waals surface area (Å²) in [5.74, 6) is 0.0268. The SMILES string of the molecule is Cc1cccc(OCC2(C(=O)O)CCC2)c1. The van der Waals surface area contributed by atoms with Crippen molar-refractivity contribution in [2.24, 2.45) is 5.41 Å². The number of hydrogen-bond acceptors (Lipinski definition) is 2. The molecule has 1 aliphatic carbocycles. The van der Waals surface area contributed by atoms with Crippen molar-refractivity contribution in [2.75, 3.05) is 6.61 Å². The van der Waals surface area contributed by atoms with Crippen LogP contribution in [0.2, 0.25) is 0 Å². The Morgan fingerprint density at radius 2 is 2.25 bits per heavy atom. The maximum atomic E-state index is 11.1. The molecule has 0 amide bonds. The second-order valence-corrected chi connectivity index (χ2v) is 4.54. The zero-order valence-corrected chi connectivity index (χ0v) is 9.40. The van der Waals surface area contributed by atoms with Gasteiger partial charge in [0.05, 0.1) is 0 Å². The predicted molar refractivity (Wildman–Crippen MR) is 60.6 cm³/mol. The molecule has 0 atom stereocenters. The third kappa shape index (κ3) is 2.03. The monoisotopic (exact) mass is 220 g/mol. The highest BCUT2D eigenvalue weighted by Crippen LogP contribution is 2.41. The van der Waals surface area contributed by atoms with Crippen molar-refractivity contribution < 1.29 is 14.6 Å². The average molecular weight is 220 g/mol. The summed E-state index contributed by atoms with van der Waals surface area (Å²) in [6.07, 6.45) is 2.45. The van der Waals surface area contributed by atoms with Crippen LogP contribution in [0.4, 0.5) is 0 Å². The lowest BCUT2D eigenvalue weighted by Crippen LogP contribution is -2.43. The predicted octanol–water partition coefficient (Wildman–Crippen LogP) is 2.63. The van der Waals surface area contributed by atoms with E-state index in [1.807, 2.05) is 31.2 Å². The first kappa shape index (κ1) is 11.0. The molecule has 1 aliphatic rings. The number of aliphatic carboxylic acids is 1. The van der Waals surface area contributed by atoms with Crippen LogP contribution in [0.25, 0.3) is 0 Å². The third-order valence-corrected chi connectivity index (χ3v) is 3.27. The Hall–Kier alpha value is -1.51. The van der Waals surface area contributed by atoms with Crippen LogP contribution in [0.1, 0.15) is 24.8 Å². The molecule has 1 aromatic carbocycles. The number of rotatable bonds is 4. The maximum Gasteiger partial charge on any atom is 0.313 e. The fraction of sp³-hybridized carbons (Fsp3) is 0.462.